The molecule has 0 heterocycles. The maximum atomic E-state index is 11.1. The molecule has 0 aliphatic rings. The Morgan fingerprint density at radius 3 is 2.58 bits per heavy atom. The van der Waals surface area contributed by atoms with Crippen LogP contribution in [0.25, 0.3) is 0 Å². The summed E-state index contributed by atoms with van der Waals surface area (Å²) in [5.41, 5.74) is 7.84. The molecular formula is C8H18N2O2. The average molecular weight is 174 g/mol. The molecule has 0 aromatic rings. The van der Waals surface area contributed by atoms with Crippen LogP contribution in [-0.4, -0.2) is 18.6 Å². The Labute approximate surface area is 73.4 Å². The van der Waals surface area contributed by atoms with Crippen LogP contribution in [0.15, 0.2) is 0 Å². The maximum absolute atomic E-state index is 11.1. The van der Waals surface area contributed by atoms with Crippen LogP contribution < -0.4 is 11.2 Å². The van der Waals surface area contributed by atoms with Gasteiger partial charge in [0.1, 0.15) is 0 Å². The van der Waals surface area contributed by atoms with Crippen molar-refractivity contribution >= 4 is 5.91 Å². The van der Waals surface area contributed by atoms with E-state index in [0.29, 0.717) is 18.9 Å². The molecule has 0 aromatic heterocycles. The molecule has 0 aliphatic heterocycles. The lowest BCUT2D eigenvalue weighted by Crippen LogP contribution is -2.41. The molecule has 0 saturated carbocycles. The van der Waals surface area contributed by atoms with Crippen molar-refractivity contribution in [2.75, 3.05) is 6.61 Å². The predicted octanol–water partition coefficient (Wildman–Crippen LogP) is 0.427. The minimum Gasteiger partial charge on any atom is -0.320 e. The fourth-order valence-electron chi connectivity index (χ4n) is 0.834. The van der Waals surface area contributed by atoms with E-state index in [0.717, 1.165) is 0 Å². The molecule has 72 valence electrons. The number of carbonyl (C=O) groups excluding carboxylic acids is 1. The third-order valence-electron chi connectivity index (χ3n) is 1.38. The Morgan fingerprint density at radius 2 is 2.17 bits per heavy atom. The summed E-state index contributed by atoms with van der Waals surface area (Å²) in [5, 5.41) is 0. The minimum atomic E-state index is -0.462. The van der Waals surface area contributed by atoms with E-state index in [1.165, 1.54) is 0 Å². The summed E-state index contributed by atoms with van der Waals surface area (Å²) in [4.78, 5) is 15.8. The Kier molecular flexibility index (Phi) is 5.66. The van der Waals surface area contributed by atoms with Gasteiger partial charge in [0.05, 0.1) is 12.6 Å². The Morgan fingerprint density at radius 1 is 1.58 bits per heavy atom. The number of amides is 1. The number of nitrogens with two attached hydrogens (primary N) is 1. The highest BCUT2D eigenvalue weighted by Crippen LogP contribution is 2.02. The van der Waals surface area contributed by atoms with E-state index in [9.17, 15) is 4.79 Å². The molecule has 0 saturated heterocycles. The van der Waals surface area contributed by atoms with Crippen molar-refractivity contribution < 1.29 is 9.63 Å². The van der Waals surface area contributed by atoms with Crippen molar-refractivity contribution in [1.29, 1.82) is 0 Å². The number of hydrogen-bond acceptors (Lipinski definition) is 3. The van der Waals surface area contributed by atoms with E-state index < -0.39 is 6.04 Å². The summed E-state index contributed by atoms with van der Waals surface area (Å²) in [7, 11) is 0. The smallest absolute Gasteiger partial charge is 0.260 e. The van der Waals surface area contributed by atoms with Gasteiger partial charge in [0.25, 0.3) is 5.91 Å². The van der Waals surface area contributed by atoms with Crippen molar-refractivity contribution in [3.63, 3.8) is 0 Å². The van der Waals surface area contributed by atoms with Crippen molar-refractivity contribution in [2.24, 2.45) is 11.7 Å². The molecule has 4 nitrogen and oxygen atoms in total. The van der Waals surface area contributed by atoms with E-state index >= 15 is 0 Å². The van der Waals surface area contributed by atoms with E-state index in [-0.39, 0.29) is 5.91 Å². The van der Waals surface area contributed by atoms with Crippen LogP contribution in [0, 0.1) is 5.92 Å². The van der Waals surface area contributed by atoms with Gasteiger partial charge < -0.3 is 5.73 Å². The third kappa shape index (κ3) is 5.09. The van der Waals surface area contributed by atoms with E-state index in [2.05, 4.69) is 5.48 Å². The van der Waals surface area contributed by atoms with Gasteiger partial charge in [-0.3, -0.25) is 9.63 Å². The second kappa shape index (κ2) is 5.97. The van der Waals surface area contributed by atoms with Crippen molar-refractivity contribution in [3.8, 4) is 0 Å². The molecule has 0 aromatic carbocycles. The minimum absolute atomic E-state index is 0.245. The highest BCUT2D eigenvalue weighted by atomic mass is 16.6. The molecule has 4 heteroatoms. The van der Waals surface area contributed by atoms with Gasteiger partial charge in [-0.1, -0.05) is 13.8 Å². The molecule has 0 aliphatic carbocycles. The zero-order chi connectivity index (χ0) is 9.56. The summed E-state index contributed by atoms with van der Waals surface area (Å²) in [6, 6.07) is -0.462. The first-order valence-corrected chi connectivity index (χ1v) is 4.25. The van der Waals surface area contributed by atoms with Crippen molar-refractivity contribution in [2.45, 2.75) is 33.2 Å². The van der Waals surface area contributed by atoms with Gasteiger partial charge in [-0.25, -0.2) is 5.48 Å². The highest BCUT2D eigenvalue weighted by molar-refractivity contribution is 5.80. The summed E-state index contributed by atoms with van der Waals surface area (Å²) in [5.74, 6) is 0.179. The lowest BCUT2D eigenvalue weighted by molar-refractivity contribution is -0.134. The molecule has 0 rings (SSSR count). The predicted molar refractivity (Wildman–Crippen MR) is 47.2 cm³/mol. The molecule has 0 spiro atoms. The van der Waals surface area contributed by atoms with Crippen molar-refractivity contribution in [1.82, 2.24) is 5.48 Å². The Hall–Kier alpha value is -0.610. The molecule has 0 bridgehead atoms. The highest BCUT2D eigenvalue weighted by Gasteiger charge is 2.14. The van der Waals surface area contributed by atoms with Crippen LogP contribution in [0.3, 0.4) is 0 Å². The number of hydroxylamine groups is 1. The average Bonchev–Trinajstić information content (AvgIpc) is 1.98. The van der Waals surface area contributed by atoms with Gasteiger partial charge in [0.2, 0.25) is 0 Å². The molecule has 1 amide bonds. The molecule has 1 atom stereocenters. The number of nitrogens with one attached hydrogen (secondary N) is 1. The first-order valence-electron chi connectivity index (χ1n) is 4.25. The third-order valence-corrected chi connectivity index (χ3v) is 1.38. The van der Waals surface area contributed by atoms with Gasteiger partial charge in [-0.15, -0.1) is 0 Å². The lowest BCUT2D eigenvalue weighted by atomic mass is 10.0. The summed E-state index contributed by atoms with van der Waals surface area (Å²) in [6.45, 7) is 6.30. The zero-order valence-electron chi connectivity index (χ0n) is 7.96. The molecule has 0 unspecified atom stereocenters. The number of hydrogen-bond donors (Lipinski definition) is 2. The van der Waals surface area contributed by atoms with Gasteiger partial charge in [-0.05, 0) is 19.3 Å². The second-order valence-electron chi connectivity index (χ2n) is 3.14. The van der Waals surface area contributed by atoms with E-state index in [4.69, 9.17) is 10.6 Å². The molecule has 3 N–H and O–H groups in total. The van der Waals surface area contributed by atoms with Gasteiger partial charge in [0.15, 0.2) is 0 Å². The second-order valence-corrected chi connectivity index (χ2v) is 3.14. The summed E-state index contributed by atoms with van der Waals surface area (Å²) >= 11 is 0. The van der Waals surface area contributed by atoms with Crippen LogP contribution in [0.5, 0.6) is 0 Å². The normalized spacial score (nSPS) is 13.1. The number of rotatable bonds is 5. The van der Waals surface area contributed by atoms with Crippen LogP contribution in [0.2, 0.25) is 0 Å². The fraction of sp³-hybridized carbons (Fsp3) is 0.875. The van der Waals surface area contributed by atoms with E-state index in [1.54, 1.807) is 6.92 Å². The first kappa shape index (κ1) is 11.4. The SMILES string of the molecule is CCONC(=O)[C@H](N)CC(C)C. The standard InChI is InChI=1S/C8H18N2O2/c1-4-12-10-8(11)7(9)5-6(2)3/h6-7H,4-5,9H2,1-3H3,(H,10,11)/t7-/m1/s1. The number of carbonyl (C=O) groups is 1. The van der Waals surface area contributed by atoms with Crippen LogP contribution in [0.1, 0.15) is 27.2 Å². The fourth-order valence-corrected chi connectivity index (χ4v) is 0.834. The molecule has 12 heavy (non-hydrogen) atoms. The van der Waals surface area contributed by atoms with Crippen LogP contribution in [-0.2, 0) is 9.63 Å². The molecule has 0 radical (unpaired) electrons. The van der Waals surface area contributed by atoms with Gasteiger partial charge in [-0.2, -0.15) is 0 Å². The van der Waals surface area contributed by atoms with Crippen LogP contribution in [0.4, 0.5) is 0 Å². The summed E-state index contributed by atoms with van der Waals surface area (Å²) < 4.78 is 0. The first-order chi connectivity index (χ1) is 5.57. The van der Waals surface area contributed by atoms with E-state index in [1.807, 2.05) is 13.8 Å². The Bertz CT molecular complexity index is 137. The Balaban J connectivity index is 3.61. The lowest BCUT2D eigenvalue weighted by Gasteiger charge is -2.12. The molecule has 0 fully saturated rings. The van der Waals surface area contributed by atoms with Crippen LogP contribution >= 0.6 is 0 Å². The van der Waals surface area contributed by atoms with Gasteiger partial charge >= 0.3 is 0 Å². The largest absolute Gasteiger partial charge is 0.320 e. The zero-order valence-corrected chi connectivity index (χ0v) is 7.96. The topological polar surface area (TPSA) is 64.3 Å². The monoisotopic (exact) mass is 174 g/mol. The maximum Gasteiger partial charge on any atom is 0.260 e. The molecular weight excluding hydrogens is 156 g/mol. The van der Waals surface area contributed by atoms with Crippen molar-refractivity contribution in [3.05, 3.63) is 0 Å². The summed E-state index contributed by atoms with van der Waals surface area (Å²) in [6.07, 6.45) is 0.679. The van der Waals surface area contributed by atoms with Gasteiger partial charge in [0, 0.05) is 0 Å². The quantitative estimate of drug-likeness (QED) is 0.594.